The average molecular weight is 459 g/mol. The van der Waals surface area contributed by atoms with Gasteiger partial charge in [0.25, 0.3) is 5.91 Å². The number of nitrogens with one attached hydrogen (secondary N) is 1. The molecule has 3 N–H and O–H groups in total. The van der Waals surface area contributed by atoms with Gasteiger partial charge in [-0.3, -0.25) is 9.59 Å². The number of carbonyl (C=O) groups excluding carboxylic acids is 2. The zero-order chi connectivity index (χ0) is 23.3. The standard InChI is InChI=1S/C28H34N4O2/c29-27(34)28-15-18-13-21(16-28)25(22(14-18)17-28)31-26(33)23-7-4-8-24(30-23)32-11-9-20(10-12-32)19-5-2-1-3-6-19/h1-8,18,20-22,25H,9-17H2,(H2,29,34)(H,31,33). The summed E-state index contributed by atoms with van der Waals surface area (Å²) in [6, 6.07) is 16.6. The molecule has 5 fully saturated rings. The van der Waals surface area contributed by atoms with E-state index in [2.05, 4.69) is 40.5 Å². The Bertz CT molecular complexity index is 1060. The summed E-state index contributed by atoms with van der Waals surface area (Å²) in [7, 11) is 0. The van der Waals surface area contributed by atoms with Crippen molar-refractivity contribution in [3.05, 3.63) is 59.8 Å². The Balaban J connectivity index is 1.11. The molecule has 7 rings (SSSR count). The molecule has 1 aromatic carbocycles. The Morgan fingerprint density at radius 1 is 0.941 bits per heavy atom. The van der Waals surface area contributed by atoms with Crippen LogP contribution in [0.25, 0.3) is 0 Å². The van der Waals surface area contributed by atoms with E-state index in [0.29, 0.717) is 29.4 Å². The molecule has 2 atom stereocenters. The van der Waals surface area contributed by atoms with Gasteiger partial charge in [0.15, 0.2) is 0 Å². The molecule has 34 heavy (non-hydrogen) atoms. The largest absolute Gasteiger partial charge is 0.369 e. The number of rotatable bonds is 5. The number of benzene rings is 1. The highest BCUT2D eigenvalue weighted by atomic mass is 16.2. The second-order valence-corrected chi connectivity index (χ2v) is 11.2. The average Bonchev–Trinajstić information content (AvgIpc) is 2.86. The van der Waals surface area contributed by atoms with Gasteiger partial charge in [0.2, 0.25) is 5.91 Å². The summed E-state index contributed by atoms with van der Waals surface area (Å²) >= 11 is 0. The highest BCUT2D eigenvalue weighted by molar-refractivity contribution is 5.93. The summed E-state index contributed by atoms with van der Waals surface area (Å²) in [4.78, 5) is 32.5. The van der Waals surface area contributed by atoms with Crippen LogP contribution in [0.2, 0.25) is 0 Å². The van der Waals surface area contributed by atoms with Crippen molar-refractivity contribution < 1.29 is 9.59 Å². The molecule has 2 amide bonds. The van der Waals surface area contributed by atoms with E-state index in [1.54, 1.807) is 0 Å². The summed E-state index contributed by atoms with van der Waals surface area (Å²) in [5, 5.41) is 3.32. The number of pyridine rings is 1. The normalized spacial score (nSPS) is 32.5. The predicted molar refractivity (Wildman–Crippen MR) is 131 cm³/mol. The first-order chi connectivity index (χ1) is 16.5. The number of hydrogen-bond donors (Lipinski definition) is 2. The van der Waals surface area contributed by atoms with Gasteiger partial charge in [-0.1, -0.05) is 36.4 Å². The topological polar surface area (TPSA) is 88.3 Å². The first-order valence-corrected chi connectivity index (χ1v) is 12.9. The summed E-state index contributed by atoms with van der Waals surface area (Å²) in [6.45, 7) is 1.89. The van der Waals surface area contributed by atoms with Crippen LogP contribution in [0.15, 0.2) is 48.5 Å². The van der Waals surface area contributed by atoms with Crippen LogP contribution < -0.4 is 16.0 Å². The highest BCUT2D eigenvalue weighted by Crippen LogP contribution is 2.59. The fourth-order valence-electron chi connectivity index (χ4n) is 7.68. The van der Waals surface area contributed by atoms with Gasteiger partial charge in [0.1, 0.15) is 11.5 Å². The van der Waals surface area contributed by atoms with E-state index >= 15 is 0 Å². The minimum Gasteiger partial charge on any atom is -0.369 e. The first-order valence-electron chi connectivity index (χ1n) is 12.9. The second-order valence-electron chi connectivity index (χ2n) is 11.2. The molecule has 2 unspecified atom stereocenters. The maximum absolute atomic E-state index is 13.2. The van der Waals surface area contributed by atoms with E-state index in [4.69, 9.17) is 10.7 Å². The van der Waals surface area contributed by atoms with E-state index < -0.39 is 0 Å². The molecule has 4 aliphatic carbocycles. The van der Waals surface area contributed by atoms with E-state index in [0.717, 1.165) is 63.9 Å². The number of amides is 2. The lowest BCUT2D eigenvalue weighted by molar-refractivity contribution is -0.145. The van der Waals surface area contributed by atoms with E-state index in [1.165, 1.54) is 5.56 Å². The minimum absolute atomic E-state index is 0.0911. The van der Waals surface area contributed by atoms with Gasteiger partial charge in [-0.2, -0.15) is 0 Å². The lowest BCUT2D eigenvalue weighted by Gasteiger charge is -2.58. The maximum Gasteiger partial charge on any atom is 0.270 e. The molecule has 1 aromatic heterocycles. The van der Waals surface area contributed by atoms with Crippen molar-refractivity contribution in [2.24, 2.45) is 28.9 Å². The Morgan fingerprint density at radius 2 is 1.65 bits per heavy atom. The SMILES string of the molecule is NC(=O)C12CC3CC(C1)C(NC(=O)c1cccc(N4CCC(c5ccccc5)CC4)n1)C(C3)C2. The third kappa shape index (κ3) is 3.77. The third-order valence-electron chi connectivity index (χ3n) is 9.15. The van der Waals surface area contributed by atoms with Crippen LogP contribution in [0.5, 0.6) is 0 Å². The molecule has 1 saturated heterocycles. The molecule has 0 radical (unpaired) electrons. The molecule has 178 valence electrons. The quantitative estimate of drug-likeness (QED) is 0.712. The van der Waals surface area contributed by atoms with Crippen molar-refractivity contribution in [1.82, 2.24) is 10.3 Å². The molecule has 0 spiro atoms. The second kappa shape index (κ2) is 8.40. The van der Waals surface area contributed by atoms with Crippen LogP contribution in [0, 0.1) is 23.2 Å². The molecule has 6 heteroatoms. The van der Waals surface area contributed by atoms with E-state index in [1.807, 2.05) is 18.2 Å². The summed E-state index contributed by atoms with van der Waals surface area (Å²) in [6.07, 6.45) is 6.97. The number of nitrogens with two attached hydrogens (primary N) is 1. The van der Waals surface area contributed by atoms with Crippen molar-refractivity contribution in [2.75, 3.05) is 18.0 Å². The molecule has 2 aromatic rings. The van der Waals surface area contributed by atoms with Gasteiger partial charge >= 0.3 is 0 Å². The van der Waals surface area contributed by atoms with Crippen LogP contribution >= 0.6 is 0 Å². The summed E-state index contributed by atoms with van der Waals surface area (Å²) in [5.41, 5.74) is 7.39. The predicted octanol–water partition coefficient (Wildman–Crippen LogP) is 3.88. The number of piperidine rings is 1. The van der Waals surface area contributed by atoms with Gasteiger partial charge in [-0.15, -0.1) is 0 Å². The zero-order valence-electron chi connectivity index (χ0n) is 19.7. The lowest BCUT2D eigenvalue weighted by Crippen LogP contribution is -2.62. The number of aromatic nitrogens is 1. The van der Waals surface area contributed by atoms with Gasteiger partial charge in [0, 0.05) is 24.5 Å². The van der Waals surface area contributed by atoms with E-state index in [-0.39, 0.29) is 23.3 Å². The van der Waals surface area contributed by atoms with Crippen molar-refractivity contribution in [3.8, 4) is 0 Å². The number of hydrogen-bond acceptors (Lipinski definition) is 4. The molecule has 2 heterocycles. The lowest BCUT2D eigenvalue weighted by atomic mass is 9.47. The number of carbonyl (C=O) groups is 2. The molecule has 4 bridgehead atoms. The molecular weight excluding hydrogens is 424 g/mol. The van der Waals surface area contributed by atoms with Crippen LogP contribution in [0.3, 0.4) is 0 Å². The van der Waals surface area contributed by atoms with Crippen molar-refractivity contribution in [3.63, 3.8) is 0 Å². The molecule has 6 nitrogen and oxygen atoms in total. The highest BCUT2D eigenvalue weighted by Gasteiger charge is 2.58. The fourth-order valence-corrected chi connectivity index (χ4v) is 7.68. The Labute approximate surface area is 201 Å². The van der Waals surface area contributed by atoms with E-state index in [9.17, 15) is 9.59 Å². The third-order valence-corrected chi connectivity index (χ3v) is 9.15. The number of primary amides is 1. The van der Waals surface area contributed by atoms with Gasteiger partial charge < -0.3 is 16.0 Å². The van der Waals surface area contributed by atoms with Gasteiger partial charge in [-0.25, -0.2) is 4.98 Å². The molecule has 4 saturated carbocycles. The number of anilines is 1. The maximum atomic E-state index is 13.2. The van der Waals surface area contributed by atoms with Crippen LogP contribution in [0.1, 0.15) is 66.9 Å². The monoisotopic (exact) mass is 458 g/mol. The Hall–Kier alpha value is -2.89. The first kappa shape index (κ1) is 21.6. The number of nitrogens with zero attached hydrogens (tertiary/aromatic N) is 2. The van der Waals surface area contributed by atoms with Crippen LogP contribution in [0.4, 0.5) is 5.82 Å². The molecule has 1 aliphatic heterocycles. The van der Waals surface area contributed by atoms with Crippen molar-refractivity contribution in [2.45, 2.75) is 56.9 Å². The Morgan fingerprint density at radius 3 is 2.32 bits per heavy atom. The summed E-state index contributed by atoms with van der Waals surface area (Å²) < 4.78 is 0. The van der Waals surface area contributed by atoms with Gasteiger partial charge in [0.05, 0.1) is 0 Å². The minimum atomic E-state index is -0.332. The summed E-state index contributed by atoms with van der Waals surface area (Å²) in [5.74, 6) is 2.53. The Kier molecular flexibility index (Phi) is 5.34. The molecular formula is C28H34N4O2. The zero-order valence-corrected chi connectivity index (χ0v) is 19.7. The fraction of sp³-hybridized carbons (Fsp3) is 0.536. The van der Waals surface area contributed by atoms with Crippen LogP contribution in [-0.2, 0) is 4.79 Å². The van der Waals surface area contributed by atoms with Crippen LogP contribution in [-0.4, -0.2) is 35.9 Å². The smallest absolute Gasteiger partial charge is 0.270 e. The molecule has 5 aliphatic rings. The van der Waals surface area contributed by atoms with Crippen molar-refractivity contribution >= 4 is 17.6 Å². The van der Waals surface area contributed by atoms with Gasteiger partial charge in [-0.05, 0) is 86.3 Å². The van der Waals surface area contributed by atoms with Crippen molar-refractivity contribution in [1.29, 1.82) is 0 Å².